The third kappa shape index (κ3) is 1.44. The molecule has 2 N–H and O–H groups in total. The van der Waals surface area contributed by atoms with E-state index in [0.29, 0.717) is 15.6 Å². The summed E-state index contributed by atoms with van der Waals surface area (Å²) in [6.45, 7) is 0. The fraction of sp³-hybridized carbons (Fsp3) is 0.167. The number of halogens is 2. The molecule has 0 spiro atoms. The second kappa shape index (κ2) is 3.87. The molecule has 0 fully saturated rings. The molecule has 0 saturated carbocycles. The Morgan fingerprint density at radius 1 is 1.67 bits per heavy atom. The monoisotopic (exact) mass is 383 g/mol. The van der Waals surface area contributed by atoms with Gasteiger partial charge >= 0.3 is 0 Å². The molecular weight excluding hydrogens is 379 g/mol. The first-order valence-corrected chi connectivity index (χ1v) is 5.63. The van der Waals surface area contributed by atoms with Gasteiger partial charge in [0.05, 0.1) is 0 Å². The van der Waals surface area contributed by atoms with E-state index in [-0.39, 0.29) is 0 Å². The van der Waals surface area contributed by atoms with Crippen molar-refractivity contribution in [2.24, 2.45) is 0 Å². The minimum Gasteiger partial charge on any atom is -0.338 e. The van der Waals surface area contributed by atoms with Crippen molar-refractivity contribution in [2.45, 2.75) is 4.43 Å². The first-order valence-electron chi connectivity index (χ1n) is 3.03. The molecule has 0 atom stereocenters. The molecule has 2 radical (unpaired) electrons. The molecule has 0 bridgehead atoms. The Morgan fingerprint density at radius 3 is 2.50 bits per heavy atom. The van der Waals surface area contributed by atoms with Crippen molar-refractivity contribution in [3.05, 3.63) is 15.0 Å². The van der Waals surface area contributed by atoms with Gasteiger partial charge in [-0.05, 0) is 22.6 Å². The molecule has 0 aromatic carbocycles. The summed E-state index contributed by atoms with van der Waals surface area (Å²) in [6.07, 6.45) is 0. The van der Waals surface area contributed by atoms with Gasteiger partial charge in [0.15, 0.2) is 5.69 Å². The van der Waals surface area contributed by atoms with Crippen molar-refractivity contribution >= 4 is 58.5 Å². The average Bonchev–Trinajstić information content (AvgIpc) is 2.25. The summed E-state index contributed by atoms with van der Waals surface area (Å²) in [5.41, 5.74) is 1.85. The first kappa shape index (κ1) is 10.2. The van der Waals surface area contributed by atoms with Crippen molar-refractivity contribution in [1.29, 1.82) is 5.26 Å². The Morgan fingerprint density at radius 2 is 2.25 bits per heavy atom. The van der Waals surface area contributed by atoms with Crippen LogP contribution in [0.5, 0.6) is 0 Å². The van der Waals surface area contributed by atoms with Crippen LogP contribution in [0, 0.1) is 14.9 Å². The number of rotatable bonds is 1. The predicted octanol–water partition coefficient (Wildman–Crippen LogP) is 0.407. The van der Waals surface area contributed by atoms with Gasteiger partial charge in [0.1, 0.15) is 13.9 Å². The molecule has 0 unspecified atom stereocenters. The molecule has 6 heteroatoms. The van der Waals surface area contributed by atoms with Crippen LogP contribution < -0.4 is 11.3 Å². The summed E-state index contributed by atoms with van der Waals surface area (Å²) in [5.74, 6) is 5.63. The van der Waals surface area contributed by atoms with E-state index in [0.717, 1.165) is 9.26 Å². The molecule has 0 saturated heterocycles. The van der Waals surface area contributed by atoms with Crippen LogP contribution in [-0.4, -0.2) is 12.5 Å². The molecule has 0 aliphatic carbocycles. The number of nitrogen functional groups attached to an aromatic ring is 1. The summed E-state index contributed by atoms with van der Waals surface area (Å²) in [6, 6.07) is 2.01. The highest BCUT2D eigenvalue weighted by molar-refractivity contribution is 14.1. The average molecular weight is 383 g/mol. The molecule has 0 aliphatic heterocycles. The highest BCUT2D eigenvalue weighted by atomic mass is 127. The van der Waals surface area contributed by atoms with Gasteiger partial charge in [-0.25, -0.2) is 0 Å². The Hall–Kier alpha value is 0.0949. The van der Waals surface area contributed by atoms with Gasteiger partial charge < -0.3 is 5.84 Å². The summed E-state index contributed by atoms with van der Waals surface area (Å²) in [5, 5.41) is 8.72. The van der Waals surface area contributed by atoms with Gasteiger partial charge in [0, 0.05) is 13.7 Å². The summed E-state index contributed by atoms with van der Waals surface area (Å²) >= 11 is 4.18. The molecule has 1 aromatic heterocycles. The zero-order valence-corrected chi connectivity index (χ0v) is 10.3. The summed E-state index contributed by atoms with van der Waals surface area (Å²) in [7, 11) is 5.73. The van der Waals surface area contributed by atoms with E-state index >= 15 is 0 Å². The van der Waals surface area contributed by atoms with Crippen LogP contribution in [0.3, 0.4) is 0 Å². The molecule has 0 aliphatic rings. The van der Waals surface area contributed by atoms with Crippen LogP contribution >= 0.6 is 45.2 Å². The Labute approximate surface area is 99.0 Å². The highest BCUT2D eigenvalue weighted by Crippen LogP contribution is 2.13. The van der Waals surface area contributed by atoms with E-state index in [9.17, 15) is 0 Å². The minimum atomic E-state index is 0.430. The van der Waals surface area contributed by atoms with Gasteiger partial charge in [0.25, 0.3) is 0 Å². The number of hydrogen-bond acceptors (Lipinski definition) is 2. The standard InChI is InChI=1S/C6H4BI2N3/c7-5-3(1-8)12(11)4(2-10)6(5)9/h1,11H2. The molecule has 3 nitrogen and oxygen atoms in total. The van der Waals surface area contributed by atoms with Gasteiger partial charge in [0.2, 0.25) is 0 Å². The van der Waals surface area contributed by atoms with Crippen LogP contribution in [0.1, 0.15) is 11.4 Å². The fourth-order valence-electron chi connectivity index (χ4n) is 0.864. The van der Waals surface area contributed by atoms with E-state index in [1.165, 1.54) is 4.68 Å². The van der Waals surface area contributed by atoms with Crippen LogP contribution in [0.4, 0.5) is 0 Å². The zero-order valence-electron chi connectivity index (χ0n) is 6.01. The highest BCUT2D eigenvalue weighted by Gasteiger charge is 2.14. The third-order valence-electron chi connectivity index (χ3n) is 1.52. The van der Waals surface area contributed by atoms with Crippen LogP contribution in [0.15, 0.2) is 0 Å². The van der Waals surface area contributed by atoms with Crippen molar-refractivity contribution < 1.29 is 0 Å². The maximum atomic E-state index is 8.72. The smallest absolute Gasteiger partial charge is 0.152 e. The van der Waals surface area contributed by atoms with E-state index in [2.05, 4.69) is 22.6 Å². The lowest BCUT2D eigenvalue weighted by atomic mass is 9.97. The molecule has 1 aromatic rings. The van der Waals surface area contributed by atoms with Gasteiger partial charge in [-0.15, -0.1) is 0 Å². The van der Waals surface area contributed by atoms with Crippen LogP contribution in [0.25, 0.3) is 0 Å². The first-order chi connectivity index (χ1) is 5.63. The lowest BCUT2D eigenvalue weighted by Gasteiger charge is -1.99. The Kier molecular flexibility index (Phi) is 3.28. The largest absolute Gasteiger partial charge is 0.338 e. The maximum Gasteiger partial charge on any atom is 0.152 e. The lowest BCUT2D eigenvalue weighted by Crippen LogP contribution is -2.17. The minimum absolute atomic E-state index is 0.430. The second-order valence-electron chi connectivity index (χ2n) is 2.14. The molecule has 12 heavy (non-hydrogen) atoms. The quantitative estimate of drug-likeness (QED) is 0.331. The number of nitrogens with two attached hydrogens (primary N) is 1. The second-order valence-corrected chi connectivity index (χ2v) is 3.98. The number of alkyl halides is 1. The maximum absolute atomic E-state index is 8.72. The van der Waals surface area contributed by atoms with E-state index in [1.807, 2.05) is 28.7 Å². The van der Waals surface area contributed by atoms with Crippen LogP contribution in [0.2, 0.25) is 0 Å². The molecule has 0 amide bonds. The third-order valence-corrected chi connectivity index (χ3v) is 3.33. The van der Waals surface area contributed by atoms with Gasteiger partial charge in [-0.3, -0.25) is 4.68 Å². The number of hydrogen-bond donors (Lipinski definition) is 1. The lowest BCUT2D eigenvalue weighted by molar-refractivity contribution is 0.940. The topological polar surface area (TPSA) is 54.7 Å². The fourth-order valence-corrected chi connectivity index (χ4v) is 2.33. The predicted molar refractivity (Wildman–Crippen MR) is 65.1 cm³/mol. The summed E-state index contributed by atoms with van der Waals surface area (Å²) < 4.78 is 2.80. The number of aromatic nitrogens is 1. The normalized spacial score (nSPS) is 9.75. The van der Waals surface area contributed by atoms with Crippen molar-refractivity contribution in [3.63, 3.8) is 0 Å². The van der Waals surface area contributed by atoms with E-state index in [4.69, 9.17) is 19.0 Å². The summed E-state index contributed by atoms with van der Waals surface area (Å²) in [4.78, 5) is 0. The van der Waals surface area contributed by atoms with Gasteiger partial charge in [-0.1, -0.05) is 28.1 Å². The van der Waals surface area contributed by atoms with Gasteiger partial charge in [-0.2, -0.15) is 5.26 Å². The van der Waals surface area contributed by atoms with Crippen molar-refractivity contribution in [2.75, 3.05) is 5.84 Å². The van der Waals surface area contributed by atoms with E-state index < -0.39 is 0 Å². The number of nitrogens with zero attached hydrogens (tertiary/aromatic N) is 2. The molecule has 1 rings (SSSR count). The molecular formula is C6H4BI2N3. The van der Waals surface area contributed by atoms with E-state index in [1.54, 1.807) is 0 Å². The van der Waals surface area contributed by atoms with Crippen molar-refractivity contribution in [3.8, 4) is 6.07 Å². The molecule has 1 heterocycles. The van der Waals surface area contributed by atoms with Crippen molar-refractivity contribution in [1.82, 2.24) is 4.68 Å². The van der Waals surface area contributed by atoms with Crippen LogP contribution in [-0.2, 0) is 4.43 Å². The SMILES string of the molecule is [B]c1c(I)c(C#N)n(N)c1CI. The molecule has 60 valence electrons. The zero-order chi connectivity index (χ0) is 9.30. The Balaban J connectivity index is 3.45. The number of nitriles is 1. The Bertz CT molecular complexity index is 353.